The quantitative estimate of drug-likeness (QED) is 0.669. The molecule has 2 rings (SSSR count). The first-order valence-electron chi connectivity index (χ1n) is 7.24. The predicted molar refractivity (Wildman–Crippen MR) is 101 cm³/mol. The molecule has 122 valence electrons. The molecular formula is C17H18INO3S. The Labute approximate surface area is 150 Å². The zero-order chi connectivity index (χ0) is 16.7. The summed E-state index contributed by atoms with van der Waals surface area (Å²) in [4.78, 5) is 11.9. The molecule has 1 amide bonds. The lowest BCUT2D eigenvalue weighted by Crippen LogP contribution is -2.25. The molecule has 0 saturated heterocycles. The highest BCUT2D eigenvalue weighted by Gasteiger charge is 2.16. The van der Waals surface area contributed by atoms with E-state index in [2.05, 4.69) is 27.9 Å². The smallest absolute Gasteiger partial charge is 0.239 e. The van der Waals surface area contributed by atoms with E-state index in [4.69, 9.17) is 0 Å². The maximum atomic E-state index is 12.0. The molecule has 0 aromatic heterocycles. The normalized spacial score (nSPS) is 11.2. The first-order valence-corrected chi connectivity index (χ1v) is 10.1. The van der Waals surface area contributed by atoms with Gasteiger partial charge in [0.2, 0.25) is 5.91 Å². The predicted octanol–water partition coefficient (Wildman–Crippen LogP) is 3.28. The van der Waals surface area contributed by atoms with Gasteiger partial charge in [-0.15, -0.1) is 0 Å². The van der Waals surface area contributed by atoms with E-state index in [1.165, 1.54) is 0 Å². The van der Waals surface area contributed by atoms with Crippen molar-refractivity contribution in [3.63, 3.8) is 0 Å². The van der Waals surface area contributed by atoms with E-state index in [0.717, 1.165) is 9.13 Å². The number of rotatable bonds is 7. The Bertz CT molecular complexity index is 760. The van der Waals surface area contributed by atoms with E-state index in [-0.39, 0.29) is 5.75 Å². The van der Waals surface area contributed by atoms with Crippen molar-refractivity contribution >= 4 is 44.0 Å². The Balaban J connectivity index is 1.82. The number of aryl methyl sites for hydroxylation is 1. The number of halogens is 1. The summed E-state index contributed by atoms with van der Waals surface area (Å²) in [6.45, 7) is 0. The zero-order valence-corrected chi connectivity index (χ0v) is 15.5. The average Bonchev–Trinajstić information content (AvgIpc) is 2.47. The molecule has 2 aromatic carbocycles. The van der Waals surface area contributed by atoms with Gasteiger partial charge in [0.15, 0.2) is 9.84 Å². The second kappa shape index (κ2) is 8.44. The van der Waals surface area contributed by atoms with Crippen LogP contribution in [0.15, 0.2) is 54.6 Å². The van der Waals surface area contributed by atoms with E-state index in [0.29, 0.717) is 18.5 Å². The molecule has 0 bridgehead atoms. The molecule has 0 spiro atoms. The fourth-order valence-corrected chi connectivity index (χ4v) is 3.92. The molecule has 0 aliphatic rings. The number of amides is 1. The summed E-state index contributed by atoms with van der Waals surface area (Å²) in [6, 6.07) is 17.0. The van der Waals surface area contributed by atoms with E-state index < -0.39 is 21.5 Å². The highest BCUT2D eigenvalue weighted by molar-refractivity contribution is 14.1. The van der Waals surface area contributed by atoms with Crippen LogP contribution in [0, 0.1) is 3.57 Å². The lowest BCUT2D eigenvalue weighted by molar-refractivity contribution is -0.113. The molecule has 2 aromatic rings. The molecule has 23 heavy (non-hydrogen) atoms. The summed E-state index contributed by atoms with van der Waals surface area (Å²) in [5.41, 5.74) is 1.72. The minimum absolute atomic E-state index is 0.0155. The van der Waals surface area contributed by atoms with Crippen LogP contribution in [0.2, 0.25) is 0 Å². The number of carbonyl (C=O) groups is 1. The Morgan fingerprint density at radius 2 is 1.78 bits per heavy atom. The zero-order valence-electron chi connectivity index (χ0n) is 12.5. The highest BCUT2D eigenvalue weighted by atomic mass is 127. The number of nitrogens with one attached hydrogen (secondary N) is 1. The average molecular weight is 443 g/mol. The Morgan fingerprint density at radius 1 is 1.04 bits per heavy atom. The Hall–Kier alpha value is -1.41. The van der Waals surface area contributed by atoms with Gasteiger partial charge < -0.3 is 5.32 Å². The summed E-state index contributed by atoms with van der Waals surface area (Å²) in [7, 11) is -3.40. The van der Waals surface area contributed by atoms with Crippen molar-refractivity contribution in [2.75, 3.05) is 16.8 Å². The molecule has 4 nitrogen and oxygen atoms in total. The highest BCUT2D eigenvalue weighted by Crippen LogP contribution is 2.12. The third-order valence-corrected chi connectivity index (χ3v) is 5.51. The van der Waals surface area contributed by atoms with E-state index in [9.17, 15) is 13.2 Å². The van der Waals surface area contributed by atoms with E-state index in [1.54, 1.807) is 12.1 Å². The van der Waals surface area contributed by atoms with E-state index >= 15 is 0 Å². The first kappa shape index (κ1) is 17.9. The number of hydrogen-bond donors (Lipinski definition) is 1. The molecule has 0 aliphatic carbocycles. The second-order valence-electron chi connectivity index (χ2n) is 5.24. The van der Waals surface area contributed by atoms with Crippen LogP contribution in [0.1, 0.15) is 12.0 Å². The van der Waals surface area contributed by atoms with E-state index in [1.807, 2.05) is 42.5 Å². The van der Waals surface area contributed by atoms with Crippen molar-refractivity contribution < 1.29 is 13.2 Å². The third kappa shape index (κ3) is 6.70. The van der Waals surface area contributed by atoms with Gasteiger partial charge in [-0.25, -0.2) is 8.42 Å². The fourth-order valence-electron chi connectivity index (χ4n) is 2.18. The Kier molecular flexibility index (Phi) is 6.59. The van der Waals surface area contributed by atoms with Crippen LogP contribution in [0.5, 0.6) is 0 Å². The van der Waals surface area contributed by atoms with Gasteiger partial charge >= 0.3 is 0 Å². The maximum Gasteiger partial charge on any atom is 0.239 e. The summed E-state index contributed by atoms with van der Waals surface area (Å²) in [5.74, 6) is -0.957. The van der Waals surface area contributed by atoms with Crippen LogP contribution in [-0.4, -0.2) is 25.8 Å². The molecule has 6 heteroatoms. The van der Waals surface area contributed by atoms with Crippen LogP contribution < -0.4 is 5.32 Å². The largest absolute Gasteiger partial charge is 0.325 e. The van der Waals surface area contributed by atoms with Crippen molar-refractivity contribution in [2.24, 2.45) is 0 Å². The molecule has 0 saturated carbocycles. The van der Waals surface area contributed by atoms with Gasteiger partial charge in [0.05, 0.1) is 5.75 Å². The van der Waals surface area contributed by atoms with Crippen LogP contribution in [0.3, 0.4) is 0 Å². The lowest BCUT2D eigenvalue weighted by Gasteiger charge is -2.07. The molecule has 0 unspecified atom stereocenters. The van der Waals surface area contributed by atoms with Gasteiger partial charge in [0.1, 0.15) is 5.75 Å². The van der Waals surface area contributed by atoms with Crippen LogP contribution in [-0.2, 0) is 21.1 Å². The monoisotopic (exact) mass is 443 g/mol. The number of carbonyl (C=O) groups excluding carboxylic acids is 1. The minimum Gasteiger partial charge on any atom is -0.325 e. The van der Waals surface area contributed by atoms with Gasteiger partial charge in [-0.3, -0.25) is 4.79 Å². The number of benzene rings is 2. The van der Waals surface area contributed by atoms with Gasteiger partial charge in [-0.1, -0.05) is 36.4 Å². The molecular weight excluding hydrogens is 425 g/mol. The first-order chi connectivity index (χ1) is 10.9. The van der Waals surface area contributed by atoms with Crippen molar-refractivity contribution in [1.82, 2.24) is 0 Å². The molecule has 0 aliphatic heterocycles. The summed E-state index contributed by atoms with van der Waals surface area (Å²) < 4.78 is 25.0. The summed E-state index contributed by atoms with van der Waals surface area (Å²) in [6.07, 6.45) is 1.21. The second-order valence-corrected chi connectivity index (χ2v) is 8.67. The van der Waals surface area contributed by atoms with Crippen molar-refractivity contribution in [3.8, 4) is 0 Å². The third-order valence-electron chi connectivity index (χ3n) is 3.22. The van der Waals surface area contributed by atoms with Crippen molar-refractivity contribution in [3.05, 3.63) is 63.7 Å². The molecule has 0 heterocycles. The number of hydrogen-bond acceptors (Lipinski definition) is 3. The molecule has 0 radical (unpaired) electrons. The molecule has 0 fully saturated rings. The molecule has 0 atom stereocenters. The minimum atomic E-state index is -3.40. The number of sulfone groups is 1. The summed E-state index contributed by atoms with van der Waals surface area (Å²) in [5, 5.41) is 2.62. The standard InChI is InChI=1S/C17H18INO3S/c18-15-9-4-10-16(12-15)19-17(20)13-23(21,22)11-5-8-14-6-2-1-3-7-14/h1-4,6-7,9-10,12H,5,8,11,13H2,(H,19,20). The topological polar surface area (TPSA) is 63.2 Å². The van der Waals surface area contributed by atoms with Gasteiger partial charge in [-0.05, 0) is 59.2 Å². The molecule has 1 N–H and O–H groups in total. The lowest BCUT2D eigenvalue weighted by atomic mass is 10.1. The van der Waals surface area contributed by atoms with Crippen molar-refractivity contribution in [2.45, 2.75) is 12.8 Å². The van der Waals surface area contributed by atoms with Crippen LogP contribution in [0.4, 0.5) is 5.69 Å². The SMILES string of the molecule is O=C(CS(=O)(=O)CCCc1ccccc1)Nc1cccc(I)c1. The van der Waals surface area contributed by atoms with Crippen LogP contribution in [0.25, 0.3) is 0 Å². The van der Waals surface area contributed by atoms with Crippen molar-refractivity contribution in [1.29, 1.82) is 0 Å². The summed E-state index contributed by atoms with van der Waals surface area (Å²) >= 11 is 2.13. The van der Waals surface area contributed by atoms with Crippen LogP contribution >= 0.6 is 22.6 Å². The number of anilines is 1. The van der Waals surface area contributed by atoms with Gasteiger partial charge in [0.25, 0.3) is 0 Å². The van der Waals surface area contributed by atoms with Gasteiger partial charge in [-0.2, -0.15) is 0 Å². The Morgan fingerprint density at radius 3 is 2.48 bits per heavy atom. The fraction of sp³-hybridized carbons (Fsp3) is 0.235. The maximum absolute atomic E-state index is 12.0. The van der Waals surface area contributed by atoms with Gasteiger partial charge in [0, 0.05) is 9.26 Å².